The summed E-state index contributed by atoms with van der Waals surface area (Å²) in [6.45, 7) is 0. The molecule has 1 aliphatic carbocycles. The van der Waals surface area contributed by atoms with E-state index in [9.17, 15) is 9.90 Å². The number of amides is 1. The van der Waals surface area contributed by atoms with Crippen molar-refractivity contribution in [1.82, 2.24) is 10.5 Å². The molecule has 25 heavy (non-hydrogen) atoms. The van der Waals surface area contributed by atoms with E-state index in [2.05, 4.69) is 10.5 Å². The van der Waals surface area contributed by atoms with Crippen molar-refractivity contribution in [3.8, 4) is 22.8 Å². The number of methoxy groups -OCH3 is 2. The fourth-order valence-corrected chi connectivity index (χ4v) is 3.04. The standard InChI is InChI=1S/C18H22N2O5/c1-23-11-7-8-16(24-2)12(9-11)17-10-14(20-25-17)18(22)19-13-5-3-4-6-15(13)21/h7-10,13,15,21H,3-6H2,1-2H3,(H,19,22)/t13-,15-/m0/s1. The van der Waals surface area contributed by atoms with Crippen molar-refractivity contribution < 1.29 is 23.9 Å². The summed E-state index contributed by atoms with van der Waals surface area (Å²) < 4.78 is 15.9. The normalized spacial score (nSPS) is 20.1. The highest BCUT2D eigenvalue weighted by molar-refractivity contribution is 5.93. The van der Waals surface area contributed by atoms with Crippen LogP contribution >= 0.6 is 0 Å². The Morgan fingerprint density at radius 1 is 1.24 bits per heavy atom. The first-order chi connectivity index (χ1) is 12.1. The van der Waals surface area contributed by atoms with E-state index in [0.717, 1.165) is 19.3 Å². The third-order valence-corrected chi connectivity index (χ3v) is 4.46. The van der Waals surface area contributed by atoms with Crippen LogP contribution in [-0.2, 0) is 0 Å². The molecule has 0 saturated heterocycles. The van der Waals surface area contributed by atoms with Crippen molar-refractivity contribution >= 4 is 5.91 Å². The van der Waals surface area contributed by atoms with Crippen LogP contribution in [0.3, 0.4) is 0 Å². The Kier molecular flexibility index (Phi) is 5.23. The van der Waals surface area contributed by atoms with Gasteiger partial charge in [0.25, 0.3) is 5.91 Å². The molecule has 1 fully saturated rings. The lowest BCUT2D eigenvalue weighted by Gasteiger charge is -2.27. The molecule has 1 aromatic carbocycles. The number of hydrogen-bond acceptors (Lipinski definition) is 6. The second kappa shape index (κ2) is 7.57. The lowest BCUT2D eigenvalue weighted by atomic mass is 9.92. The van der Waals surface area contributed by atoms with Gasteiger partial charge in [-0.25, -0.2) is 0 Å². The molecule has 0 aliphatic heterocycles. The number of nitrogens with one attached hydrogen (secondary N) is 1. The number of ether oxygens (including phenoxy) is 2. The summed E-state index contributed by atoms with van der Waals surface area (Å²) in [6, 6.07) is 6.60. The van der Waals surface area contributed by atoms with E-state index in [-0.39, 0.29) is 17.6 Å². The van der Waals surface area contributed by atoms with Crippen molar-refractivity contribution in [1.29, 1.82) is 0 Å². The second-order valence-electron chi connectivity index (χ2n) is 6.07. The molecular weight excluding hydrogens is 324 g/mol. The molecule has 2 aromatic rings. The summed E-state index contributed by atoms with van der Waals surface area (Å²) in [6.07, 6.45) is 2.93. The quantitative estimate of drug-likeness (QED) is 0.863. The summed E-state index contributed by atoms with van der Waals surface area (Å²) in [5.41, 5.74) is 0.809. The number of benzene rings is 1. The maximum Gasteiger partial charge on any atom is 0.273 e. The maximum absolute atomic E-state index is 12.4. The summed E-state index contributed by atoms with van der Waals surface area (Å²) in [7, 11) is 3.13. The summed E-state index contributed by atoms with van der Waals surface area (Å²) >= 11 is 0. The number of rotatable bonds is 5. The van der Waals surface area contributed by atoms with E-state index in [4.69, 9.17) is 14.0 Å². The molecule has 0 radical (unpaired) electrons. The Morgan fingerprint density at radius 2 is 2.04 bits per heavy atom. The average molecular weight is 346 g/mol. The van der Waals surface area contributed by atoms with Gasteiger partial charge in [0.05, 0.1) is 31.9 Å². The van der Waals surface area contributed by atoms with Gasteiger partial charge in [-0.3, -0.25) is 4.79 Å². The molecule has 0 bridgehead atoms. The van der Waals surface area contributed by atoms with E-state index in [1.807, 2.05) is 0 Å². The summed E-state index contributed by atoms with van der Waals surface area (Å²) in [5.74, 6) is 1.28. The first kappa shape index (κ1) is 17.3. The summed E-state index contributed by atoms with van der Waals surface area (Å²) in [4.78, 5) is 12.4. The van der Waals surface area contributed by atoms with Gasteiger partial charge in [-0.2, -0.15) is 0 Å². The molecule has 0 spiro atoms. The summed E-state index contributed by atoms with van der Waals surface area (Å²) in [5, 5.41) is 16.7. The SMILES string of the molecule is COc1ccc(OC)c(-c2cc(C(=O)N[C@H]3CCCC[C@@H]3O)no2)c1. The molecule has 2 N–H and O–H groups in total. The number of aliphatic hydroxyl groups excluding tert-OH is 1. The first-order valence-corrected chi connectivity index (χ1v) is 8.30. The topological polar surface area (TPSA) is 93.8 Å². The minimum Gasteiger partial charge on any atom is -0.497 e. The van der Waals surface area contributed by atoms with E-state index in [0.29, 0.717) is 29.2 Å². The van der Waals surface area contributed by atoms with Crippen molar-refractivity contribution in [2.45, 2.75) is 37.8 Å². The van der Waals surface area contributed by atoms with Crippen LogP contribution in [0, 0.1) is 0 Å². The minimum absolute atomic E-state index is 0.164. The Bertz CT molecular complexity index is 743. The fourth-order valence-electron chi connectivity index (χ4n) is 3.04. The van der Waals surface area contributed by atoms with Gasteiger partial charge in [0.15, 0.2) is 11.5 Å². The predicted molar refractivity (Wildman–Crippen MR) is 90.8 cm³/mol. The van der Waals surface area contributed by atoms with Crippen LogP contribution in [0.5, 0.6) is 11.5 Å². The van der Waals surface area contributed by atoms with Crippen LogP contribution in [0.25, 0.3) is 11.3 Å². The first-order valence-electron chi connectivity index (χ1n) is 8.30. The highest BCUT2D eigenvalue weighted by Gasteiger charge is 2.26. The fraction of sp³-hybridized carbons (Fsp3) is 0.444. The highest BCUT2D eigenvalue weighted by Crippen LogP contribution is 2.33. The van der Waals surface area contributed by atoms with Crippen LogP contribution in [0.2, 0.25) is 0 Å². The third kappa shape index (κ3) is 3.76. The zero-order valence-corrected chi connectivity index (χ0v) is 14.3. The van der Waals surface area contributed by atoms with Gasteiger partial charge in [-0.1, -0.05) is 18.0 Å². The molecule has 3 rings (SSSR count). The second-order valence-corrected chi connectivity index (χ2v) is 6.07. The van der Waals surface area contributed by atoms with Crippen LogP contribution < -0.4 is 14.8 Å². The number of carbonyl (C=O) groups excluding carboxylic acids is 1. The molecule has 1 amide bonds. The van der Waals surface area contributed by atoms with Gasteiger partial charge >= 0.3 is 0 Å². The predicted octanol–water partition coefficient (Wildman–Crippen LogP) is 2.39. The van der Waals surface area contributed by atoms with Gasteiger partial charge in [0.2, 0.25) is 0 Å². The monoisotopic (exact) mass is 346 g/mol. The van der Waals surface area contributed by atoms with Crippen molar-refractivity contribution in [3.05, 3.63) is 30.0 Å². The number of aliphatic hydroxyl groups is 1. The van der Waals surface area contributed by atoms with Crippen LogP contribution in [-0.4, -0.2) is 42.5 Å². The van der Waals surface area contributed by atoms with E-state index in [1.165, 1.54) is 0 Å². The van der Waals surface area contributed by atoms with Crippen molar-refractivity contribution in [2.75, 3.05) is 14.2 Å². The van der Waals surface area contributed by atoms with E-state index in [1.54, 1.807) is 38.5 Å². The average Bonchev–Trinajstić information content (AvgIpc) is 3.13. The molecular formula is C18H22N2O5. The minimum atomic E-state index is -0.512. The van der Waals surface area contributed by atoms with Gasteiger partial charge in [0, 0.05) is 6.07 Å². The number of hydrogen-bond donors (Lipinski definition) is 2. The Labute approximate surface area is 145 Å². The molecule has 1 aliphatic rings. The third-order valence-electron chi connectivity index (χ3n) is 4.46. The molecule has 2 atom stereocenters. The van der Waals surface area contributed by atoms with Gasteiger partial charge in [-0.15, -0.1) is 0 Å². The zero-order chi connectivity index (χ0) is 17.8. The maximum atomic E-state index is 12.4. The molecule has 7 nitrogen and oxygen atoms in total. The molecule has 134 valence electrons. The molecule has 0 unspecified atom stereocenters. The lowest BCUT2D eigenvalue weighted by Crippen LogP contribution is -2.45. The van der Waals surface area contributed by atoms with Gasteiger partial charge in [0.1, 0.15) is 11.5 Å². The lowest BCUT2D eigenvalue weighted by molar-refractivity contribution is 0.0711. The van der Waals surface area contributed by atoms with Gasteiger partial charge in [-0.05, 0) is 31.0 Å². The number of aromatic nitrogens is 1. The molecule has 1 heterocycles. The molecule has 7 heteroatoms. The van der Waals surface area contributed by atoms with Crippen LogP contribution in [0.4, 0.5) is 0 Å². The largest absolute Gasteiger partial charge is 0.497 e. The van der Waals surface area contributed by atoms with Crippen LogP contribution in [0.1, 0.15) is 36.2 Å². The molecule has 1 saturated carbocycles. The van der Waals surface area contributed by atoms with Crippen LogP contribution in [0.15, 0.2) is 28.8 Å². The van der Waals surface area contributed by atoms with Crippen molar-refractivity contribution in [2.24, 2.45) is 0 Å². The van der Waals surface area contributed by atoms with E-state index >= 15 is 0 Å². The number of carbonyl (C=O) groups is 1. The Hall–Kier alpha value is -2.54. The Balaban J connectivity index is 1.79. The Morgan fingerprint density at radius 3 is 2.76 bits per heavy atom. The van der Waals surface area contributed by atoms with Gasteiger partial charge < -0.3 is 24.4 Å². The smallest absolute Gasteiger partial charge is 0.273 e. The van der Waals surface area contributed by atoms with Crippen molar-refractivity contribution in [3.63, 3.8) is 0 Å². The highest BCUT2D eigenvalue weighted by atomic mass is 16.5. The molecule has 1 aromatic heterocycles. The number of nitrogens with zero attached hydrogens (tertiary/aromatic N) is 1. The van der Waals surface area contributed by atoms with E-state index < -0.39 is 6.10 Å². The zero-order valence-electron chi connectivity index (χ0n) is 14.3.